The third-order valence-electron chi connectivity index (χ3n) is 3.56. The normalized spacial score (nSPS) is 36.2. The molecule has 0 spiro atoms. The highest BCUT2D eigenvalue weighted by Gasteiger charge is 2.43. The maximum Gasteiger partial charge on any atom is 0.232 e. The minimum absolute atomic E-state index is 0.0298. The van der Waals surface area contributed by atoms with Crippen LogP contribution >= 0.6 is 0 Å². The maximum atomic E-state index is 11.7. The monoisotopic (exact) mass is 181 g/mol. The fourth-order valence-electron chi connectivity index (χ4n) is 2.86. The standard InChI is InChI=1S/C10H15NO2/c1-11(6-12)10(13)9-5-7-2-3-8(9)4-7/h6-9H,2-5H2,1H3/t7?,8?,9-/m0/s1. The van der Waals surface area contributed by atoms with Crippen LogP contribution in [0.4, 0.5) is 0 Å². The van der Waals surface area contributed by atoms with Gasteiger partial charge in [0.1, 0.15) is 0 Å². The summed E-state index contributed by atoms with van der Waals surface area (Å²) in [5, 5.41) is 0. The van der Waals surface area contributed by atoms with Crippen molar-refractivity contribution >= 4 is 12.3 Å². The van der Waals surface area contributed by atoms with Crippen LogP contribution in [0.1, 0.15) is 25.7 Å². The molecular weight excluding hydrogens is 166 g/mol. The average Bonchev–Trinajstić information content (AvgIpc) is 2.76. The lowest BCUT2D eigenvalue weighted by molar-refractivity contribution is -0.141. The van der Waals surface area contributed by atoms with Crippen molar-refractivity contribution in [2.75, 3.05) is 7.05 Å². The van der Waals surface area contributed by atoms with E-state index in [1.807, 2.05) is 0 Å². The highest BCUT2D eigenvalue weighted by Crippen LogP contribution is 2.48. The Morgan fingerprint density at radius 3 is 2.62 bits per heavy atom. The van der Waals surface area contributed by atoms with Crippen molar-refractivity contribution < 1.29 is 9.59 Å². The molecule has 0 heterocycles. The smallest absolute Gasteiger partial charge is 0.232 e. The first-order valence-electron chi connectivity index (χ1n) is 4.94. The molecule has 2 aliphatic carbocycles. The maximum absolute atomic E-state index is 11.7. The van der Waals surface area contributed by atoms with Crippen LogP contribution in [0.3, 0.4) is 0 Å². The van der Waals surface area contributed by atoms with Crippen molar-refractivity contribution in [2.45, 2.75) is 25.7 Å². The van der Waals surface area contributed by atoms with Gasteiger partial charge in [-0.2, -0.15) is 0 Å². The van der Waals surface area contributed by atoms with Crippen molar-refractivity contribution in [1.82, 2.24) is 4.90 Å². The number of imide groups is 1. The first-order valence-corrected chi connectivity index (χ1v) is 4.94. The Kier molecular flexibility index (Phi) is 2.10. The molecule has 2 amide bonds. The Bertz CT molecular complexity index is 239. The Morgan fingerprint density at radius 2 is 2.15 bits per heavy atom. The van der Waals surface area contributed by atoms with Crippen LogP contribution in [-0.4, -0.2) is 24.3 Å². The lowest BCUT2D eigenvalue weighted by Crippen LogP contribution is -2.34. The van der Waals surface area contributed by atoms with E-state index in [1.54, 1.807) is 7.05 Å². The van der Waals surface area contributed by atoms with Gasteiger partial charge in [0, 0.05) is 13.0 Å². The summed E-state index contributed by atoms with van der Waals surface area (Å²) in [6.45, 7) is 0. The second kappa shape index (κ2) is 3.13. The molecule has 2 unspecified atom stereocenters. The molecule has 0 saturated heterocycles. The minimum atomic E-state index is 0.0298. The summed E-state index contributed by atoms with van der Waals surface area (Å²) >= 11 is 0. The van der Waals surface area contributed by atoms with E-state index in [0.717, 1.165) is 12.3 Å². The molecule has 2 aliphatic rings. The van der Waals surface area contributed by atoms with Gasteiger partial charge >= 0.3 is 0 Å². The van der Waals surface area contributed by atoms with Crippen molar-refractivity contribution in [2.24, 2.45) is 17.8 Å². The quantitative estimate of drug-likeness (QED) is 0.597. The van der Waals surface area contributed by atoms with E-state index in [2.05, 4.69) is 0 Å². The van der Waals surface area contributed by atoms with Gasteiger partial charge in [-0.05, 0) is 31.1 Å². The van der Waals surface area contributed by atoms with Gasteiger partial charge in [-0.15, -0.1) is 0 Å². The minimum Gasteiger partial charge on any atom is -0.288 e. The van der Waals surface area contributed by atoms with E-state index in [9.17, 15) is 9.59 Å². The van der Waals surface area contributed by atoms with Gasteiger partial charge in [0.05, 0.1) is 0 Å². The summed E-state index contributed by atoms with van der Waals surface area (Å²) in [7, 11) is 1.56. The Hall–Kier alpha value is -0.860. The SMILES string of the molecule is CN(C=O)C(=O)[C@H]1CC2CCC1C2. The zero-order valence-electron chi connectivity index (χ0n) is 7.90. The summed E-state index contributed by atoms with van der Waals surface area (Å²) in [6.07, 6.45) is 5.33. The first kappa shape index (κ1) is 8.73. The number of hydrogen-bond acceptors (Lipinski definition) is 2. The molecule has 2 bridgehead atoms. The van der Waals surface area contributed by atoms with Gasteiger partial charge in [-0.25, -0.2) is 0 Å². The second-order valence-electron chi connectivity index (χ2n) is 4.34. The summed E-state index contributed by atoms with van der Waals surface area (Å²) in [5.74, 6) is 1.51. The summed E-state index contributed by atoms with van der Waals surface area (Å²) in [4.78, 5) is 23.3. The molecule has 0 aliphatic heterocycles. The van der Waals surface area contributed by atoms with E-state index in [-0.39, 0.29) is 11.8 Å². The molecule has 72 valence electrons. The third-order valence-corrected chi connectivity index (χ3v) is 3.56. The molecule has 2 fully saturated rings. The summed E-state index contributed by atoms with van der Waals surface area (Å²) < 4.78 is 0. The Labute approximate surface area is 78.1 Å². The zero-order chi connectivity index (χ0) is 9.42. The fourth-order valence-corrected chi connectivity index (χ4v) is 2.86. The van der Waals surface area contributed by atoms with E-state index < -0.39 is 0 Å². The number of amides is 2. The summed E-state index contributed by atoms with van der Waals surface area (Å²) in [5.41, 5.74) is 0. The largest absolute Gasteiger partial charge is 0.288 e. The molecule has 3 nitrogen and oxygen atoms in total. The number of rotatable bonds is 2. The predicted octanol–water partition coefficient (Wildman–Crippen LogP) is 1.04. The predicted molar refractivity (Wildman–Crippen MR) is 47.8 cm³/mol. The molecular formula is C10H15NO2. The van der Waals surface area contributed by atoms with Crippen LogP contribution in [0.15, 0.2) is 0 Å². The van der Waals surface area contributed by atoms with E-state index in [0.29, 0.717) is 12.3 Å². The number of nitrogens with zero attached hydrogens (tertiary/aromatic N) is 1. The number of carbonyl (C=O) groups excluding carboxylic acids is 2. The number of hydrogen-bond donors (Lipinski definition) is 0. The van der Waals surface area contributed by atoms with E-state index in [4.69, 9.17) is 0 Å². The second-order valence-corrected chi connectivity index (χ2v) is 4.34. The molecule has 3 heteroatoms. The van der Waals surface area contributed by atoms with Gasteiger partial charge in [-0.3, -0.25) is 14.5 Å². The molecule has 0 aromatic rings. The fraction of sp³-hybridized carbons (Fsp3) is 0.800. The van der Waals surface area contributed by atoms with Gasteiger partial charge in [-0.1, -0.05) is 6.42 Å². The molecule has 0 aromatic heterocycles. The molecule has 0 N–H and O–H groups in total. The number of carbonyl (C=O) groups is 2. The zero-order valence-corrected chi connectivity index (χ0v) is 7.90. The molecule has 2 rings (SSSR count). The van der Waals surface area contributed by atoms with Crippen LogP contribution in [0.2, 0.25) is 0 Å². The van der Waals surface area contributed by atoms with Crippen LogP contribution in [0, 0.1) is 17.8 Å². The topological polar surface area (TPSA) is 37.4 Å². The molecule has 0 aromatic carbocycles. The third kappa shape index (κ3) is 1.36. The van der Waals surface area contributed by atoms with E-state index >= 15 is 0 Å². The Balaban J connectivity index is 2.02. The van der Waals surface area contributed by atoms with Crippen molar-refractivity contribution in [3.05, 3.63) is 0 Å². The van der Waals surface area contributed by atoms with Gasteiger partial charge in [0.2, 0.25) is 12.3 Å². The molecule has 2 saturated carbocycles. The molecule has 13 heavy (non-hydrogen) atoms. The van der Waals surface area contributed by atoms with Crippen LogP contribution in [0.25, 0.3) is 0 Å². The average molecular weight is 181 g/mol. The Morgan fingerprint density at radius 1 is 1.38 bits per heavy atom. The lowest BCUT2D eigenvalue weighted by atomic mass is 9.88. The molecule has 0 radical (unpaired) electrons. The number of fused-ring (bicyclic) bond motifs is 2. The van der Waals surface area contributed by atoms with Crippen molar-refractivity contribution in [3.63, 3.8) is 0 Å². The van der Waals surface area contributed by atoms with E-state index in [1.165, 1.54) is 24.2 Å². The van der Waals surface area contributed by atoms with Gasteiger partial charge < -0.3 is 0 Å². The van der Waals surface area contributed by atoms with Crippen LogP contribution in [0.5, 0.6) is 0 Å². The van der Waals surface area contributed by atoms with Gasteiger partial charge in [0.25, 0.3) is 0 Å². The van der Waals surface area contributed by atoms with Crippen molar-refractivity contribution in [1.29, 1.82) is 0 Å². The highest BCUT2D eigenvalue weighted by atomic mass is 16.2. The van der Waals surface area contributed by atoms with Crippen molar-refractivity contribution in [3.8, 4) is 0 Å². The van der Waals surface area contributed by atoms with Crippen LogP contribution < -0.4 is 0 Å². The van der Waals surface area contributed by atoms with Crippen LogP contribution in [-0.2, 0) is 9.59 Å². The highest BCUT2D eigenvalue weighted by molar-refractivity contribution is 5.88. The molecule has 3 atom stereocenters. The lowest BCUT2D eigenvalue weighted by Gasteiger charge is -2.22. The first-order chi connectivity index (χ1) is 6.22. The summed E-state index contributed by atoms with van der Waals surface area (Å²) in [6, 6.07) is 0. The van der Waals surface area contributed by atoms with Gasteiger partial charge in [0.15, 0.2) is 0 Å².